The van der Waals surface area contributed by atoms with Crippen LogP contribution >= 0.6 is 0 Å². The number of fused-ring (bicyclic) bond motifs is 1. The van der Waals surface area contributed by atoms with Gasteiger partial charge in [-0.25, -0.2) is 14.2 Å². The zero-order valence-corrected chi connectivity index (χ0v) is 20.4. The molecule has 0 spiro atoms. The van der Waals surface area contributed by atoms with Crippen LogP contribution in [0.1, 0.15) is 25.0 Å². The van der Waals surface area contributed by atoms with Gasteiger partial charge in [0.1, 0.15) is 18.0 Å². The third kappa shape index (κ3) is 5.19. The Balaban J connectivity index is 1.65. The Bertz CT molecular complexity index is 1150. The number of nitrogens with one attached hydrogen (secondary N) is 1. The highest BCUT2D eigenvalue weighted by Crippen LogP contribution is 2.30. The first-order valence-corrected chi connectivity index (χ1v) is 11.9. The van der Waals surface area contributed by atoms with E-state index in [1.165, 1.54) is 22.0 Å². The zero-order valence-electron chi connectivity index (χ0n) is 20.4. The minimum absolute atomic E-state index is 0.0626. The third-order valence-electron chi connectivity index (χ3n) is 6.45. The van der Waals surface area contributed by atoms with E-state index < -0.39 is 18.2 Å². The second-order valence-corrected chi connectivity index (χ2v) is 9.33. The number of halogens is 1. The number of amides is 4. The van der Waals surface area contributed by atoms with Crippen LogP contribution in [0.4, 0.5) is 9.18 Å². The summed E-state index contributed by atoms with van der Waals surface area (Å²) in [5.74, 6) is 1.53. The summed E-state index contributed by atoms with van der Waals surface area (Å²) in [6.45, 7) is 4.35. The maximum absolute atomic E-state index is 13.5. The van der Waals surface area contributed by atoms with Crippen molar-refractivity contribution in [1.82, 2.24) is 25.1 Å². The van der Waals surface area contributed by atoms with Crippen molar-refractivity contribution in [1.29, 1.82) is 0 Å². The maximum Gasteiger partial charge on any atom is 0.334 e. The highest BCUT2D eigenvalue weighted by Gasteiger charge is 2.52. The third-order valence-corrected chi connectivity index (χ3v) is 6.45. The molecule has 4 rings (SSSR count). The van der Waals surface area contributed by atoms with Crippen LogP contribution in [0, 0.1) is 24.1 Å². The molecule has 2 aliphatic heterocycles. The molecule has 0 radical (unpaired) electrons. The highest BCUT2D eigenvalue weighted by molar-refractivity contribution is 5.91. The Hall–Kier alpha value is -3.90. The normalized spacial score (nSPS) is 20.4. The van der Waals surface area contributed by atoms with Crippen LogP contribution in [0.25, 0.3) is 0 Å². The van der Waals surface area contributed by atoms with Crippen LogP contribution in [0.15, 0.2) is 54.6 Å². The Labute approximate surface area is 210 Å². The first kappa shape index (κ1) is 25.2. The van der Waals surface area contributed by atoms with Gasteiger partial charge in [-0.15, -0.1) is 6.42 Å². The summed E-state index contributed by atoms with van der Waals surface area (Å²) >= 11 is 0. The van der Waals surface area contributed by atoms with Gasteiger partial charge in [-0.1, -0.05) is 62.2 Å². The van der Waals surface area contributed by atoms with Gasteiger partial charge in [-0.05, 0) is 29.2 Å². The minimum Gasteiger partial charge on any atom is -0.333 e. The number of carbonyl (C=O) groups is 3. The van der Waals surface area contributed by atoms with Crippen LogP contribution in [0.2, 0.25) is 0 Å². The molecule has 2 aliphatic rings. The Morgan fingerprint density at radius 1 is 1.11 bits per heavy atom. The van der Waals surface area contributed by atoms with Gasteiger partial charge in [0.15, 0.2) is 0 Å². The molecular formula is C27H30FN5O3. The smallest absolute Gasteiger partial charge is 0.333 e. The molecule has 2 saturated heterocycles. The molecule has 0 saturated carbocycles. The van der Waals surface area contributed by atoms with Crippen molar-refractivity contribution in [3.63, 3.8) is 0 Å². The first-order chi connectivity index (χ1) is 17.3. The van der Waals surface area contributed by atoms with E-state index >= 15 is 0 Å². The summed E-state index contributed by atoms with van der Waals surface area (Å²) in [5.41, 5.74) is 1.68. The fourth-order valence-corrected chi connectivity index (χ4v) is 4.80. The average Bonchev–Trinajstić information content (AvgIpc) is 2.85. The number of benzene rings is 2. The molecule has 2 aromatic carbocycles. The number of urea groups is 1. The molecule has 36 heavy (non-hydrogen) atoms. The molecule has 188 valence electrons. The van der Waals surface area contributed by atoms with Crippen molar-refractivity contribution in [3.05, 3.63) is 71.5 Å². The van der Waals surface area contributed by atoms with Crippen LogP contribution in [0.3, 0.4) is 0 Å². The molecule has 1 N–H and O–H groups in total. The summed E-state index contributed by atoms with van der Waals surface area (Å²) < 4.78 is 13.4. The van der Waals surface area contributed by atoms with Gasteiger partial charge in [-0.3, -0.25) is 9.59 Å². The lowest BCUT2D eigenvalue weighted by Crippen LogP contribution is -2.77. The molecule has 0 bridgehead atoms. The van der Waals surface area contributed by atoms with Crippen molar-refractivity contribution in [3.8, 4) is 12.3 Å². The van der Waals surface area contributed by atoms with E-state index in [-0.39, 0.29) is 49.7 Å². The minimum atomic E-state index is -0.742. The monoisotopic (exact) mass is 491 g/mol. The Morgan fingerprint density at radius 3 is 2.44 bits per heavy atom. The van der Waals surface area contributed by atoms with Crippen LogP contribution in [-0.4, -0.2) is 69.5 Å². The predicted octanol–water partition coefficient (Wildman–Crippen LogP) is 2.42. The number of piperazine rings is 1. The highest BCUT2D eigenvalue weighted by atomic mass is 19.1. The molecule has 2 atom stereocenters. The molecule has 9 heteroatoms. The number of terminal acetylenes is 1. The predicted molar refractivity (Wildman–Crippen MR) is 132 cm³/mol. The fraction of sp³-hybridized carbons (Fsp3) is 0.370. The molecule has 0 aromatic heterocycles. The molecule has 0 unspecified atom stereocenters. The van der Waals surface area contributed by atoms with Crippen LogP contribution < -0.4 is 5.32 Å². The quantitative estimate of drug-likeness (QED) is 0.630. The van der Waals surface area contributed by atoms with Gasteiger partial charge in [-0.2, -0.15) is 5.01 Å². The van der Waals surface area contributed by atoms with E-state index in [0.717, 1.165) is 11.1 Å². The molecule has 8 nitrogen and oxygen atoms in total. The Morgan fingerprint density at radius 2 is 1.81 bits per heavy atom. The average molecular weight is 492 g/mol. The van der Waals surface area contributed by atoms with Gasteiger partial charge in [0.2, 0.25) is 11.8 Å². The molecule has 2 heterocycles. The maximum atomic E-state index is 13.5. The zero-order chi connectivity index (χ0) is 25.8. The first-order valence-electron chi connectivity index (χ1n) is 11.9. The van der Waals surface area contributed by atoms with Crippen molar-refractivity contribution in [2.24, 2.45) is 5.92 Å². The van der Waals surface area contributed by atoms with E-state index in [1.807, 2.05) is 44.2 Å². The summed E-state index contributed by atoms with van der Waals surface area (Å²) in [6.07, 6.45) is 4.83. The van der Waals surface area contributed by atoms with E-state index in [1.54, 1.807) is 22.0 Å². The second-order valence-electron chi connectivity index (χ2n) is 9.33. The molecule has 4 amide bonds. The second kappa shape index (κ2) is 10.8. The van der Waals surface area contributed by atoms with Crippen molar-refractivity contribution in [2.45, 2.75) is 39.1 Å². The SMILES string of the molecule is C#CCN1CC(=O)N2[C@@H](C(C)C)C(=O)N(Cc3ccc(F)cc3)C[C@@H]2N1C(=O)NCc1ccccc1. The number of nitrogens with zero attached hydrogens (tertiary/aromatic N) is 4. The summed E-state index contributed by atoms with van der Waals surface area (Å²) in [6, 6.07) is 14.3. The number of carbonyl (C=O) groups excluding carboxylic acids is 3. The van der Waals surface area contributed by atoms with E-state index in [4.69, 9.17) is 6.42 Å². The fourth-order valence-electron chi connectivity index (χ4n) is 4.80. The lowest BCUT2D eigenvalue weighted by Gasteiger charge is -2.55. The molecular weight excluding hydrogens is 461 g/mol. The van der Waals surface area contributed by atoms with Crippen LogP contribution in [0.5, 0.6) is 0 Å². The van der Waals surface area contributed by atoms with Crippen LogP contribution in [-0.2, 0) is 22.7 Å². The van der Waals surface area contributed by atoms with Gasteiger partial charge in [0.05, 0.1) is 19.6 Å². The lowest BCUT2D eigenvalue weighted by molar-refractivity contribution is -0.192. The summed E-state index contributed by atoms with van der Waals surface area (Å²) in [5, 5.41) is 5.95. The van der Waals surface area contributed by atoms with Gasteiger partial charge >= 0.3 is 6.03 Å². The Kier molecular flexibility index (Phi) is 7.55. The summed E-state index contributed by atoms with van der Waals surface area (Å²) in [7, 11) is 0. The topological polar surface area (TPSA) is 76.2 Å². The van der Waals surface area contributed by atoms with Gasteiger partial charge in [0, 0.05) is 13.1 Å². The van der Waals surface area contributed by atoms with E-state index in [0.29, 0.717) is 6.54 Å². The molecule has 2 aromatic rings. The van der Waals surface area contributed by atoms with Gasteiger partial charge in [0.25, 0.3) is 0 Å². The number of hydrazine groups is 1. The molecule has 2 fully saturated rings. The molecule has 0 aliphatic carbocycles. The standard InChI is InChI=1S/C27H30FN5O3/c1-4-14-31-18-24(34)32-23(33(31)27(36)29-15-20-8-6-5-7-9-20)17-30(26(35)25(32)19(2)3)16-21-10-12-22(28)13-11-21/h1,5-13,19,23,25H,14-18H2,2-3H3,(H,29,36)/t23-,25-/m0/s1. The van der Waals surface area contributed by atoms with Crippen molar-refractivity contribution in [2.75, 3.05) is 19.6 Å². The van der Waals surface area contributed by atoms with E-state index in [2.05, 4.69) is 11.2 Å². The van der Waals surface area contributed by atoms with E-state index in [9.17, 15) is 18.8 Å². The lowest BCUT2D eigenvalue weighted by atomic mass is 9.95. The number of hydrogen-bond donors (Lipinski definition) is 1. The van der Waals surface area contributed by atoms with Crippen molar-refractivity contribution < 1.29 is 18.8 Å². The van der Waals surface area contributed by atoms with Crippen molar-refractivity contribution >= 4 is 17.8 Å². The number of hydrogen-bond acceptors (Lipinski definition) is 4. The number of rotatable bonds is 6. The largest absolute Gasteiger partial charge is 0.334 e. The summed E-state index contributed by atoms with van der Waals surface area (Å²) in [4.78, 5) is 43.5. The van der Waals surface area contributed by atoms with Gasteiger partial charge < -0.3 is 15.1 Å².